The Morgan fingerprint density at radius 1 is 1.20 bits per heavy atom. The second-order valence-electron chi connectivity index (χ2n) is 5.21. The van der Waals surface area contributed by atoms with Crippen LogP contribution in [-0.2, 0) is 6.42 Å². The zero-order valence-corrected chi connectivity index (χ0v) is 13.9. The van der Waals surface area contributed by atoms with Crippen molar-refractivity contribution in [2.75, 3.05) is 6.54 Å². The minimum absolute atomic E-state index is 0.365. The molecule has 0 fully saturated rings. The Balaban J connectivity index is 2.24. The number of halogens is 1. The SMILES string of the molecule is CCCNC(Cc1ccc(Cl)s1)c1cccc(C)c1C. The molecule has 108 valence electrons. The predicted octanol–water partition coefficient (Wildman–Crippen LogP) is 5.30. The highest BCUT2D eigenvalue weighted by Crippen LogP contribution is 2.28. The van der Waals surface area contributed by atoms with Crippen molar-refractivity contribution in [3.8, 4) is 0 Å². The van der Waals surface area contributed by atoms with Crippen molar-refractivity contribution in [3.05, 3.63) is 56.2 Å². The number of nitrogens with one attached hydrogen (secondary N) is 1. The lowest BCUT2D eigenvalue weighted by Gasteiger charge is -2.21. The molecule has 1 aromatic heterocycles. The Labute approximate surface area is 131 Å². The number of hydrogen-bond acceptors (Lipinski definition) is 2. The van der Waals surface area contributed by atoms with Crippen LogP contribution in [0.5, 0.6) is 0 Å². The highest BCUT2D eigenvalue weighted by molar-refractivity contribution is 7.16. The van der Waals surface area contributed by atoms with Crippen LogP contribution in [0.15, 0.2) is 30.3 Å². The van der Waals surface area contributed by atoms with Gasteiger partial charge in [0.25, 0.3) is 0 Å². The van der Waals surface area contributed by atoms with Gasteiger partial charge in [-0.05, 0) is 55.6 Å². The van der Waals surface area contributed by atoms with Crippen molar-refractivity contribution in [1.29, 1.82) is 0 Å². The van der Waals surface area contributed by atoms with E-state index in [4.69, 9.17) is 11.6 Å². The molecular formula is C17H22ClNS. The van der Waals surface area contributed by atoms with E-state index >= 15 is 0 Å². The topological polar surface area (TPSA) is 12.0 Å². The summed E-state index contributed by atoms with van der Waals surface area (Å²) in [5.41, 5.74) is 4.15. The van der Waals surface area contributed by atoms with E-state index in [1.807, 2.05) is 6.07 Å². The van der Waals surface area contributed by atoms with Crippen molar-refractivity contribution in [1.82, 2.24) is 5.32 Å². The highest BCUT2D eigenvalue weighted by Gasteiger charge is 2.15. The smallest absolute Gasteiger partial charge is 0.0931 e. The third-order valence-corrected chi connectivity index (χ3v) is 4.95. The first kappa shape index (κ1) is 15.6. The van der Waals surface area contributed by atoms with E-state index < -0.39 is 0 Å². The normalized spacial score (nSPS) is 12.6. The van der Waals surface area contributed by atoms with Crippen LogP contribution < -0.4 is 5.32 Å². The monoisotopic (exact) mass is 307 g/mol. The molecule has 2 rings (SSSR count). The van der Waals surface area contributed by atoms with E-state index in [0.717, 1.165) is 23.7 Å². The van der Waals surface area contributed by atoms with Crippen LogP contribution in [0.3, 0.4) is 0 Å². The molecule has 0 amide bonds. The van der Waals surface area contributed by atoms with Crippen LogP contribution in [0, 0.1) is 13.8 Å². The van der Waals surface area contributed by atoms with E-state index in [0.29, 0.717) is 6.04 Å². The number of hydrogen-bond donors (Lipinski definition) is 1. The second-order valence-corrected chi connectivity index (χ2v) is 7.01. The first-order valence-corrected chi connectivity index (χ1v) is 8.35. The lowest BCUT2D eigenvalue weighted by molar-refractivity contribution is 0.530. The Morgan fingerprint density at radius 2 is 2.00 bits per heavy atom. The van der Waals surface area contributed by atoms with E-state index in [1.54, 1.807) is 11.3 Å². The van der Waals surface area contributed by atoms with Crippen molar-refractivity contribution in [2.45, 2.75) is 39.7 Å². The molecule has 3 heteroatoms. The van der Waals surface area contributed by atoms with Crippen LogP contribution in [0.1, 0.15) is 41.0 Å². The van der Waals surface area contributed by atoms with Crippen molar-refractivity contribution in [3.63, 3.8) is 0 Å². The van der Waals surface area contributed by atoms with Gasteiger partial charge in [-0.25, -0.2) is 0 Å². The molecule has 1 heterocycles. The molecule has 1 aromatic carbocycles. The van der Waals surface area contributed by atoms with Gasteiger partial charge in [-0.1, -0.05) is 36.7 Å². The fourth-order valence-electron chi connectivity index (χ4n) is 2.42. The van der Waals surface area contributed by atoms with Crippen LogP contribution in [0.4, 0.5) is 0 Å². The van der Waals surface area contributed by atoms with Crippen LogP contribution in [0.25, 0.3) is 0 Å². The molecule has 1 unspecified atom stereocenters. The molecule has 2 aromatic rings. The molecule has 0 saturated heterocycles. The van der Waals surface area contributed by atoms with Gasteiger partial charge < -0.3 is 5.32 Å². The number of benzene rings is 1. The highest BCUT2D eigenvalue weighted by atomic mass is 35.5. The van der Waals surface area contributed by atoms with Gasteiger partial charge in [0, 0.05) is 17.3 Å². The zero-order valence-electron chi connectivity index (χ0n) is 12.4. The summed E-state index contributed by atoms with van der Waals surface area (Å²) >= 11 is 7.73. The third-order valence-electron chi connectivity index (χ3n) is 3.70. The molecule has 1 atom stereocenters. The van der Waals surface area contributed by atoms with E-state index in [9.17, 15) is 0 Å². The molecule has 1 nitrogen and oxygen atoms in total. The summed E-state index contributed by atoms with van der Waals surface area (Å²) < 4.78 is 0.871. The molecule has 0 aliphatic carbocycles. The third kappa shape index (κ3) is 3.85. The standard InChI is InChI=1S/C17H22ClNS/c1-4-10-19-16(11-14-8-9-17(18)20-14)15-7-5-6-12(2)13(15)3/h5-9,16,19H,4,10-11H2,1-3H3. The van der Waals surface area contributed by atoms with Gasteiger partial charge in [0.15, 0.2) is 0 Å². The maximum absolute atomic E-state index is 6.05. The van der Waals surface area contributed by atoms with Gasteiger partial charge >= 0.3 is 0 Å². The zero-order chi connectivity index (χ0) is 14.5. The molecule has 1 N–H and O–H groups in total. The van der Waals surface area contributed by atoms with Crippen molar-refractivity contribution < 1.29 is 0 Å². The van der Waals surface area contributed by atoms with Gasteiger partial charge in [0.1, 0.15) is 0 Å². The van der Waals surface area contributed by atoms with Crippen molar-refractivity contribution in [2.24, 2.45) is 0 Å². The Morgan fingerprint density at radius 3 is 2.65 bits per heavy atom. The van der Waals surface area contributed by atoms with Crippen LogP contribution in [-0.4, -0.2) is 6.54 Å². The molecule has 0 radical (unpaired) electrons. The summed E-state index contributed by atoms with van der Waals surface area (Å²) in [6.07, 6.45) is 2.15. The van der Waals surface area contributed by atoms with Gasteiger partial charge in [-0.15, -0.1) is 11.3 Å². The predicted molar refractivity (Wildman–Crippen MR) is 90.0 cm³/mol. The largest absolute Gasteiger partial charge is 0.310 e. The molecular weight excluding hydrogens is 286 g/mol. The molecule has 20 heavy (non-hydrogen) atoms. The number of thiophene rings is 1. The van der Waals surface area contributed by atoms with Gasteiger partial charge in [-0.2, -0.15) is 0 Å². The van der Waals surface area contributed by atoms with Gasteiger partial charge in [0.05, 0.1) is 4.34 Å². The van der Waals surface area contributed by atoms with Gasteiger partial charge in [0.2, 0.25) is 0 Å². The molecule has 0 spiro atoms. The van der Waals surface area contributed by atoms with Crippen LogP contribution >= 0.6 is 22.9 Å². The summed E-state index contributed by atoms with van der Waals surface area (Å²) in [4.78, 5) is 1.34. The molecule has 0 aliphatic heterocycles. The Hall–Kier alpha value is -0.830. The lowest BCUT2D eigenvalue weighted by atomic mass is 9.95. The minimum Gasteiger partial charge on any atom is -0.310 e. The second kappa shape index (κ2) is 7.26. The maximum atomic E-state index is 6.05. The van der Waals surface area contributed by atoms with Crippen LogP contribution in [0.2, 0.25) is 4.34 Å². The summed E-state index contributed by atoms with van der Waals surface area (Å²) in [7, 11) is 0. The van der Waals surface area contributed by atoms with Gasteiger partial charge in [-0.3, -0.25) is 0 Å². The minimum atomic E-state index is 0.365. The number of aryl methyl sites for hydroxylation is 1. The van der Waals surface area contributed by atoms with E-state index in [-0.39, 0.29) is 0 Å². The lowest BCUT2D eigenvalue weighted by Crippen LogP contribution is -2.24. The first-order chi connectivity index (χ1) is 9.61. The maximum Gasteiger partial charge on any atom is 0.0931 e. The average molecular weight is 308 g/mol. The van der Waals surface area contributed by atoms with Crippen molar-refractivity contribution >= 4 is 22.9 Å². The number of rotatable bonds is 6. The Kier molecular flexibility index (Phi) is 5.64. The molecule has 0 saturated carbocycles. The van der Waals surface area contributed by atoms with E-state index in [2.05, 4.69) is 50.4 Å². The van der Waals surface area contributed by atoms with E-state index in [1.165, 1.54) is 21.6 Å². The summed E-state index contributed by atoms with van der Waals surface area (Å²) in [5, 5.41) is 3.68. The fourth-order valence-corrected chi connectivity index (χ4v) is 3.56. The first-order valence-electron chi connectivity index (χ1n) is 7.15. The summed E-state index contributed by atoms with van der Waals surface area (Å²) in [6.45, 7) is 7.64. The molecule has 0 aliphatic rings. The summed E-state index contributed by atoms with van der Waals surface area (Å²) in [6, 6.07) is 11.1. The summed E-state index contributed by atoms with van der Waals surface area (Å²) in [5.74, 6) is 0. The quantitative estimate of drug-likeness (QED) is 0.763. The molecule has 0 bridgehead atoms. The Bertz CT molecular complexity index is 562. The fraction of sp³-hybridized carbons (Fsp3) is 0.412. The average Bonchev–Trinajstić information content (AvgIpc) is 2.83.